The minimum absolute atomic E-state index is 0.0678. The number of carboxylic acid groups (broad SMARTS) is 1. The van der Waals surface area contributed by atoms with Crippen molar-refractivity contribution in [3.63, 3.8) is 0 Å². The molecule has 0 unspecified atom stereocenters. The molecule has 3 heterocycles. The maximum absolute atomic E-state index is 13.8. The van der Waals surface area contributed by atoms with E-state index >= 15 is 0 Å². The van der Waals surface area contributed by atoms with E-state index in [1.54, 1.807) is 0 Å². The Kier molecular flexibility index (Phi) is 9.22. The van der Waals surface area contributed by atoms with Crippen LogP contribution in [0.2, 0.25) is 0 Å². The van der Waals surface area contributed by atoms with Gasteiger partial charge in [-0.05, 0) is 103 Å². The quantitative estimate of drug-likeness (QED) is 0.260. The molecule has 7 rings (SSSR count). The number of likely N-dealkylation sites (tertiary alicyclic amines) is 1. The Morgan fingerprint density at radius 1 is 1.08 bits per heavy atom. The number of ether oxygens (including phenoxy) is 2. The highest BCUT2D eigenvalue weighted by atomic mass is 16.5. The number of aliphatic carboxylic acids is 1. The van der Waals surface area contributed by atoms with Gasteiger partial charge >= 0.3 is 5.97 Å². The fourth-order valence-electron chi connectivity index (χ4n) is 12.8. The molecule has 0 aromatic carbocycles. The second-order valence-corrected chi connectivity index (χ2v) is 20.2. The molecule has 2 saturated heterocycles. The van der Waals surface area contributed by atoms with Crippen molar-refractivity contribution in [1.82, 2.24) is 19.7 Å². The molecule has 5 fully saturated rings. The second kappa shape index (κ2) is 12.6. The molecular weight excluding hydrogens is 654 g/mol. The lowest BCUT2D eigenvalue weighted by Gasteiger charge is -2.71. The van der Waals surface area contributed by atoms with Gasteiger partial charge < -0.3 is 25.2 Å². The topological polar surface area (TPSA) is 133 Å². The maximum Gasteiger partial charge on any atom is 0.307 e. The summed E-state index contributed by atoms with van der Waals surface area (Å²) in [5.74, 6) is 0.558. The van der Waals surface area contributed by atoms with Crippen molar-refractivity contribution in [3.05, 3.63) is 23.8 Å². The van der Waals surface area contributed by atoms with Crippen molar-refractivity contribution in [3.8, 4) is 0 Å². The number of nitrogens with two attached hydrogens (primary N) is 1. The second-order valence-electron chi connectivity index (χ2n) is 20.2. The molecule has 0 spiro atoms. The molecule has 52 heavy (non-hydrogen) atoms. The summed E-state index contributed by atoms with van der Waals surface area (Å²) in [4.78, 5) is 33.9. The van der Waals surface area contributed by atoms with E-state index in [0.29, 0.717) is 43.9 Å². The van der Waals surface area contributed by atoms with E-state index in [-0.39, 0.29) is 52.1 Å². The Morgan fingerprint density at radius 2 is 1.79 bits per heavy atom. The summed E-state index contributed by atoms with van der Waals surface area (Å²) < 4.78 is 16.0. The average molecular weight is 722 g/mol. The zero-order chi connectivity index (χ0) is 37.8. The molecule has 12 atom stereocenters. The minimum Gasteiger partial charge on any atom is -0.481 e. The van der Waals surface area contributed by atoms with Gasteiger partial charge in [-0.15, -0.1) is 0 Å². The smallest absolute Gasteiger partial charge is 0.307 e. The molecule has 2 aliphatic heterocycles. The third-order valence-electron chi connectivity index (χ3n) is 17.1. The van der Waals surface area contributed by atoms with Gasteiger partial charge in [0.2, 0.25) is 5.82 Å². The minimum atomic E-state index is -0.652. The highest BCUT2D eigenvalue weighted by Gasteiger charge is 2.73. The molecule has 290 valence electrons. The first-order valence-electron chi connectivity index (χ1n) is 20.4. The van der Waals surface area contributed by atoms with Crippen LogP contribution in [0.1, 0.15) is 131 Å². The molecule has 1 aromatic rings. The molecule has 2 bridgehead atoms. The van der Waals surface area contributed by atoms with Crippen molar-refractivity contribution in [1.29, 1.82) is 0 Å². The standard InChI is InChI=1S/C42H67N5O5/c1-25(2)27(5)38(7)16-17-39(8)28-12-13-31-37(6)20-30(47-34(44-24-45-47)35(48)46-18-11-19-46)33(52-22-41(10,43)26(3)4)42(31,23-51-21-37)29(28)14-15-40(39,9)32(38)36(49)50/h14,24-28,30-33H,11-13,15-23,43H2,1-10H3,(H,49,50)/t27-,28+,30-,31-,32-,33+,37-,38-,39-,40+,41+,42+/m1/s1. The predicted molar refractivity (Wildman–Crippen MR) is 200 cm³/mol. The third-order valence-corrected chi connectivity index (χ3v) is 17.1. The summed E-state index contributed by atoms with van der Waals surface area (Å²) in [5, 5.41) is 16.0. The van der Waals surface area contributed by atoms with E-state index in [0.717, 1.165) is 51.6 Å². The number of carbonyl (C=O) groups excluding carboxylic acids is 1. The number of aromatic nitrogens is 3. The first-order chi connectivity index (χ1) is 24.3. The Bertz CT molecular complexity index is 1600. The number of amides is 1. The summed E-state index contributed by atoms with van der Waals surface area (Å²) >= 11 is 0. The van der Waals surface area contributed by atoms with Crippen LogP contribution in [0.5, 0.6) is 0 Å². The maximum atomic E-state index is 13.8. The van der Waals surface area contributed by atoms with Crippen LogP contribution in [-0.2, 0) is 14.3 Å². The lowest BCUT2D eigenvalue weighted by atomic mass is 9.34. The number of nitrogens with zero attached hydrogens (tertiary/aromatic N) is 4. The van der Waals surface area contributed by atoms with Crippen LogP contribution in [0.3, 0.4) is 0 Å². The molecule has 0 radical (unpaired) electrons. The van der Waals surface area contributed by atoms with Gasteiger partial charge in [0, 0.05) is 24.0 Å². The summed E-state index contributed by atoms with van der Waals surface area (Å²) in [5.41, 5.74) is 6.16. The molecule has 1 aromatic heterocycles. The van der Waals surface area contributed by atoms with E-state index in [1.165, 1.54) is 11.9 Å². The molecule has 10 heteroatoms. The summed E-state index contributed by atoms with van der Waals surface area (Å²) in [6, 6.07) is -0.245. The van der Waals surface area contributed by atoms with Gasteiger partial charge in [0.1, 0.15) is 6.33 Å². The fourth-order valence-corrected chi connectivity index (χ4v) is 12.8. The molecule has 4 aliphatic carbocycles. The van der Waals surface area contributed by atoms with Crippen LogP contribution in [0.25, 0.3) is 0 Å². The lowest BCUT2D eigenvalue weighted by Crippen LogP contribution is -2.70. The SMILES string of the molecule is CC(C)[C@@H](C)[C@@]1(C)CC[C@]2(C)[C@H]3CC[C@@H]4[C@@]5(C)COC[C@@]4(C3=CC[C@@]2(C)[C@@H]1C(=O)O)[C@@H](OC[C@](C)(N)C(C)C)[C@H](n1ncnc1C(=O)N1CCC1)C5. The van der Waals surface area contributed by atoms with Crippen LogP contribution in [0.15, 0.2) is 18.0 Å². The number of hydrogen-bond donors (Lipinski definition) is 2. The fraction of sp³-hybridized carbons (Fsp3) is 0.857. The normalized spacial score (nSPS) is 43.1. The van der Waals surface area contributed by atoms with E-state index in [1.807, 2.05) is 9.58 Å². The van der Waals surface area contributed by atoms with Crippen molar-refractivity contribution in [2.24, 2.45) is 68.3 Å². The van der Waals surface area contributed by atoms with Gasteiger partial charge in [0.15, 0.2) is 0 Å². The third kappa shape index (κ3) is 5.18. The summed E-state index contributed by atoms with van der Waals surface area (Å²) in [6.07, 6.45) is 10.1. The van der Waals surface area contributed by atoms with Crippen LogP contribution in [0.4, 0.5) is 0 Å². The summed E-state index contributed by atoms with van der Waals surface area (Å²) in [6.45, 7) is 25.5. The number of fused-ring (bicyclic) bond motifs is 3. The first-order valence-corrected chi connectivity index (χ1v) is 20.4. The summed E-state index contributed by atoms with van der Waals surface area (Å²) in [7, 11) is 0. The zero-order valence-electron chi connectivity index (χ0n) is 33.7. The Balaban J connectivity index is 1.38. The Morgan fingerprint density at radius 3 is 2.40 bits per heavy atom. The van der Waals surface area contributed by atoms with Gasteiger partial charge in [-0.2, -0.15) is 5.10 Å². The van der Waals surface area contributed by atoms with E-state index in [9.17, 15) is 14.7 Å². The van der Waals surface area contributed by atoms with Gasteiger partial charge in [0.25, 0.3) is 5.91 Å². The monoisotopic (exact) mass is 722 g/mol. The zero-order valence-corrected chi connectivity index (χ0v) is 33.7. The number of hydrogen-bond acceptors (Lipinski definition) is 7. The molecule has 3 saturated carbocycles. The molecule has 6 aliphatic rings. The number of carbonyl (C=O) groups is 2. The van der Waals surface area contributed by atoms with Crippen molar-refractivity contribution >= 4 is 11.9 Å². The average Bonchev–Trinajstić information content (AvgIpc) is 3.53. The van der Waals surface area contributed by atoms with Crippen LogP contribution < -0.4 is 5.73 Å². The van der Waals surface area contributed by atoms with Crippen LogP contribution in [0, 0.1) is 62.6 Å². The van der Waals surface area contributed by atoms with Crippen molar-refractivity contribution in [2.75, 3.05) is 32.9 Å². The van der Waals surface area contributed by atoms with E-state index in [4.69, 9.17) is 20.3 Å². The van der Waals surface area contributed by atoms with Gasteiger partial charge in [-0.1, -0.05) is 74.0 Å². The lowest BCUT2D eigenvalue weighted by molar-refractivity contribution is -0.254. The molecular formula is C42H67N5O5. The highest BCUT2D eigenvalue weighted by molar-refractivity contribution is 5.91. The van der Waals surface area contributed by atoms with Gasteiger partial charge in [-0.3, -0.25) is 9.59 Å². The number of carboxylic acids is 1. The van der Waals surface area contributed by atoms with Crippen molar-refractivity contribution < 1.29 is 24.2 Å². The Hall–Kier alpha value is -2.30. The van der Waals surface area contributed by atoms with Gasteiger partial charge in [-0.25, -0.2) is 9.67 Å². The first kappa shape index (κ1) is 38.0. The van der Waals surface area contributed by atoms with Crippen LogP contribution >= 0.6 is 0 Å². The highest BCUT2D eigenvalue weighted by Crippen LogP contribution is 2.75. The molecule has 1 amide bonds. The van der Waals surface area contributed by atoms with E-state index in [2.05, 4.69) is 80.3 Å². The number of rotatable bonds is 9. The van der Waals surface area contributed by atoms with Gasteiger partial charge in [0.05, 0.1) is 37.9 Å². The molecule has 10 nitrogen and oxygen atoms in total. The molecule has 3 N–H and O–H groups in total. The largest absolute Gasteiger partial charge is 0.481 e. The number of allylic oxidation sites excluding steroid dienone is 1. The van der Waals surface area contributed by atoms with Crippen molar-refractivity contribution in [2.45, 2.75) is 132 Å². The van der Waals surface area contributed by atoms with E-state index < -0.39 is 28.3 Å². The van der Waals surface area contributed by atoms with Crippen LogP contribution in [-0.4, -0.2) is 81.2 Å². The Labute approximate surface area is 312 Å². The predicted octanol–water partition coefficient (Wildman–Crippen LogP) is 7.01.